The van der Waals surface area contributed by atoms with Crippen molar-refractivity contribution in [2.24, 2.45) is 0 Å². The third kappa shape index (κ3) is 5.55. The fourth-order valence-electron chi connectivity index (χ4n) is 3.07. The summed E-state index contributed by atoms with van der Waals surface area (Å²) in [4.78, 5) is 37.1. The van der Waals surface area contributed by atoms with Crippen LogP contribution < -0.4 is 10.6 Å². The van der Waals surface area contributed by atoms with Gasteiger partial charge in [-0.3, -0.25) is 14.6 Å². The molecule has 0 atom stereocenters. The van der Waals surface area contributed by atoms with Crippen LogP contribution in [-0.4, -0.2) is 33.2 Å². The monoisotopic (exact) mass is 403 g/mol. The Balaban J connectivity index is 1.72. The molecule has 30 heavy (non-hydrogen) atoms. The zero-order chi connectivity index (χ0) is 21.5. The molecule has 3 aromatic rings. The van der Waals surface area contributed by atoms with Crippen LogP contribution in [0.2, 0.25) is 0 Å². The molecule has 7 heteroatoms. The third-order valence-electron chi connectivity index (χ3n) is 4.59. The van der Waals surface area contributed by atoms with Crippen LogP contribution in [0.1, 0.15) is 41.4 Å². The highest BCUT2D eigenvalue weighted by molar-refractivity contribution is 6.03. The fourth-order valence-corrected chi connectivity index (χ4v) is 3.07. The van der Waals surface area contributed by atoms with E-state index in [9.17, 15) is 9.59 Å². The summed E-state index contributed by atoms with van der Waals surface area (Å²) in [7, 11) is 0. The minimum atomic E-state index is -0.260. The smallest absolute Gasteiger partial charge is 0.238 e. The number of aromatic nitrogens is 3. The van der Waals surface area contributed by atoms with Gasteiger partial charge in [0.1, 0.15) is 11.5 Å². The standard InChI is InChI=1S/C23H25N5O2/c1-4-17-6-5-7-18(10-17)19-11-21(23(15(2)29)26-12-19)28-22(30)14-24-13-20-8-9-25-16(3)27-20/h5-12,24H,4,13-14H2,1-3H3,(H,28,30). The van der Waals surface area contributed by atoms with Gasteiger partial charge in [-0.05, 0) is 36.6 Å². The summed E-state index contributed by atoms with van der Waals surface area (Å²) < 4.78 is 0. The molecule has 0 aliphatic heterocycles. The van der Waals surface area contributed by atoms with E-state index >= 15 is 0 Å². The number of Topliss-reactive ketones (excluding diaryl/α,β-unsaturated/α-hetero) is 1. The molecular formula is C23H25N5O2. The second kappa shape index (κ2) is 9.84. The number of aryl methyl sites for hydroxylation is 2. The van der Waals surface area contributed by atoms with Gasteiger partial charge in [0.15, 0.2) is 5.78 Å². The number of nitrogens with zero attached hydrogens (tertiary/aromatic N) is 3. The van der Waals surface area contributed by atoms with E-state index in [4.69, 9.17) is 0 Å². The molecule has 0 spiro atoms. The molecule has 0 unspecified atom stereocenters. The molecule has 2 aromatic heterocycles. The minimum absolute atomic E-state index is 0.0793. The molecule has 1 aromatic carbocycles. The highest BCUT2D eigenvalue weighted by Gasteiger charge is 2.14. The van der Waals surface area contributed by atoms with Crippen molar-refractivity contribution in [2.45, 2.75) is 33.7 Å². The lowest BCUT2D eigenvalue weighted by atomic mass is 10.0. The van der Waals surface area contributed by atoms with Crippen molar-refractivity contribution >= 4 is 17.4 Å². The molecule has 0 fully saturated rings. The first kappa shape index (κ1) is 21.3. The number of amides is 1. The lowest BCUT2D eigenvalue weighted by Crippen LogP contribution is -2.28. The zero-order valence-electron chi connectivity index (χ0n) is 17.4. The number of carbonyl (C=O) groups is 2. The minimum Gasteiger partial charge on any atom is -0.323 e. The summed E-state index contributed by atoms with van der Waals surface area (Å²) in [5, 5.41) is 5.86. The second-order valence-corrected chi connectivity index (χ2v) is 6.98. The Bertz CT molecular complexity index is 1060. The van der Waals surface area contributed by atoms with Crippen LogP contribution in [-0.2, 0) is 17.8 Å². The maximum absolute atomic E-state index is 12.4. The summed E-state index contributed by atoms with van der Waals surface area (Å²) in [5.41, 5.74) is 4.49. The molecule has 0 aliphatic carbocycles. The molecular weight excluding hydrogens is 378 g/mol. The lowest BCUT2D eigenvalue weighted by molar-refractivity contribution is -0.115. The molecule has 2 heterocycles. The van der Waals surface area contributed by atoms with E-state index in [2.05, 4.69) is 44.6 Å². The Hall–Kier alpha value is -3.45. The normalized spacial score (nSPS) is 10.6. The Morgan fingerprint density at radius 2 is 1.90 bits per heavy atom. The highest BCUT2D eigenvalue weighted by atomic mass is 16.2. The van der Waals surface area contributed by atoms with Gasteiger partial charge in [-0.15, -0.1) is 0 Å². The van der Waals surface area contributed by atoms with Gasteiger partial charge in [-0.2, -0.15) is 0 Å². The first-order valence-electron chi connectivity index (χ1n) is 9.85. The van der Waals surface area contributed by atoms with Crippen molar-refractivity contribution in [3.8, 4) is 11.1 Å². The molecule has 154 valence electrons. The predicted molar refractivity (Wildman–Crippen MR) is 116 cm³/mol. The quantitative estimate of drug-likeness (QED) is 0.560. The first-order valence-corrected chi connectivity index (χ1v) is 9.85. The van der Waals surface area contributed by atoms with Crippen molar-refractivity contribution in [1.29, 1.82) is 0 Å². The number of benzene rings is 1. The predicted octanol–water partition coefficient (Wildman–Crippen LogP) is 3.34. The van der Waals surface area contributed by atoms with E-state index in [0.29, 0.717) is 18.1 Å². The first-order chi connectivity index (χ1) is 14.5. The molecule has 0 saturated carbocycles. The molecule has 0 aliphatic rings. The number of nitrogens with one attached hydrogen (secondary N) is 2. The van der Waals surface area contributed by atoms with Crippen LogP contribution >= 0.6 is 0 Å². The summed E-state index contributed by atoms with van der Waals surface area (Å²) in [6, 6.07) is 11.7. The van der Waals surface area contributed by atoms with E-state index in [-0.39, 0.29) is 23.9 Å². The number of hydrogen-bond donors (Lipinski definition) is 2. The van der Waals surface area contributed by atoms with Crippen LogP contribution in [0.15, 0.2) is 48.8 Å². The van der Waals surface area contributed by atoms with E-state index in [1.54, 1.807) is 24.5 Å². The van der Waals surface area contributed by atoms with Crippen LogP contribution in [0.3, 0.4) is 0 Å². The summed E-state index contributed by atoms with van der Waals surface area (Å²) in [5.74, 6) is 0.216. The van der Waals surface area contributed by atoms with E-state index < -0.39 is 0 Å². The van der Waals surface area contributed by atoms with Gasteiger partial charge in [0.25, 0.3) is 0 Å². The number of rotatable bonds is 8. The molecule has 1 amide bonds. The number of hydrogen-bond acceptors (Lipinski definition) is 6. The summed E-state index contributed by atoms with van der Waals surface area (Å²) in [6.07, 6.45) is 4.27. The second-order valence-electron chi connectivity index (χ2n) is 6.98. The van der Waals surface area contributed by atoms with Gasteiger partial charge < -0.3 is 10.6 Å². The molecule has 3 rings (SSSR count). The van der Waals surface area contributed by atoms with Crippen LogP contribution in [0.5, 0.6) is 0 Å². The highest BCUT2D eigenvalue weighted by Crippen LogP contribution is 2.25. The summed E-state index contributed by atoms with van der Waals surface area (Å²) >= 11 is 0. The molecule has 0 radical (unpaired) electrons. The van der Waals surface area contributed by atoms with Gasteiger partial charge in [0.2, 0.25) is 5.91 Å². The molecule has 0 bridgehead atoms. The number of carbonyl (C=O) groups excluding carboxylic acids is 2. The van der Waals surface area contributed by atoms with Crippen LogP contribution in [0.25, 0.3) is 11.1 Å². The van der Waals surface area contributed by atoms with Gasteiger partial charge in [-0.25, -0.2) is 9.97 Å². The average Bonchev–Trinajstić information content (AvgIpc) is 2.73. The third-order valence-corrected chi connectivity index (χ3v) is 4.59. The van der Waals surface area contributed by atoms with Gasteiger partial charge in [0, 0.05) is 31.4 Å². The molecule has 7 nitrogen and oxygen atoms in total. The van der Waals surface area contributed by atoms with Crippen molar-refractivity contribution in [3.63, 3.8) is 0 Å². The Morgan fingerprint density at radius 3 is 2.63 bits per heavy atom. The topological polar surface area (TPSA) is 96.9 Å². The Labute approximate surface area is 176 Å². The average molecular weight is 403 g/mol. The summed E-state index contributed by atoms with van der Waals surface area (Å²) in [6.45, 7) is 5.87. The SMILES string of the molecule is CCc1cccc(-c2cnc(C(C)=O)c(NC(=O)CNCc3ccnc(C)n3)c2)c1. The maximum atomic E-state index is 12.4. The molecule has 0 saturated heterocycles. The van der Waals surface area contributed by atoms with Crippen molar-refractivity contribution < 1.29 is 9.59 Å². The van der Waals surface area contributed by atoms with E-state index in [1.165, 1.54) is 12.5 Å². The van der Waals surface area contributed by atoms with Gasteiger partial charge >= 0.3 is 0 Å². The van der Waals surface area contributed by atoms with E-state index in [1.807, 2.05) is 19.1 Å². The number of ketones is 1. The van der Waals surface area contributed by atoms with E-state index in [0.717, 1.165) is 23.2 Å². The largest absolute Gasteiger partial charge is 0.323 e. The zero-order valence-corrected chi connectivity index (χ0v) is 17.4. The lowest BCUT2D eigenvalue weighted by Gasteiger charge is -2.12. The molecule has 2 N–H and O–H groups in total. The van der Waals surface area contributed by atoms with Crippen molar-refractivity contribution in [3.05, 3.63) is 71.6 Å². The van der Waals surface area contributed by atoms with Crippen LogP contribution in [0.4, 0.5) is 5.69 Å². The Morgan fingerprint density at radius 1 is 1.07 bits per heavy atom. The fraction of sp³-hybridized carbons (Fsp3) is 0.261. The Kier molecular flexibility index (Phi) is 6.98. The van der Waals surface area contributed by atoms with Crippen molar-refractivity contribution in [2.75, 3.05) is 11.9 Å². The number of pyridine rings is 1. The number of anilines is 1. The van der Waals surface area contributed by atoms with Crippen LogP contribution in [0, 0.1) is 6.92 Å². The van der Waals surface area contributed by atoms with Gasteiger partial charge in [-0.1, -0.05) is 31.2 Å². The maximum Gasteiger partial charge on any atom is 0.238 e. The van der Waals surface area contributed by atoms with Crippen molar-refractivity contribution in [1.82, 2.24) is 20.3 Å². The van der Waals surface area contributed by atoms with Gasteiger partial charge in [0.05, 0.1) is 17.9 Å².